The summed E-state index contributed by atoms with van der Waals surface area (Å²) in [6.07, 6.45) is 0. The van der Waals surface area contributed by atoms with E-state index in [-0.39, 0.29) is 0 Å². The van der Waals surface area contributed by atoms with Gasteiger partial charge in [0.25, 0.3) is 0 Å². The molecular formula is C7H12O4S2. The van der Waals surface area contributed by atoms with Crippen molar-refractivity contribution in [2.45, 2.75) is 25.5 Å². The first-order chi connectivity index (χ1) is 5.90. The number of carboxylic acid groups (broad SMARTS) is 1. The van der Waals surface area contributed by atoms with E-state index < -0.39 is 16.0 Å². The van der Waals surface area contributed by atoms with Crippen molar-refractivity contribution in [2.75, 3.05) is 6.61 Å². The van der Waals surface area contributed by atoms with Crippen LogP contribution in [0.25, 0.3) is 0 Å². The number of hydrogen-bond donors (Lipinski definition) is 1. The maximum atomic E-state index is 11.2. The van der Waals surface area contributed by atoms with Crippen LogP contribution in [0.2, 0.25) is 0 Å². The highest BCUT2D eigenvalue weighted by molar-refractivity contribution is 8.82. The third kappa shape index (κ3) is 5.05. The van der Waals surface area contributed by atoms with Gasteiger partial charge in [0, 0.05) is 10.8 Å². The Morgan fingerprint density at radius 1 is 1.46 bits per heavy atom. The molecule has 0 aromatic heterocycles. The van der Waals surface area contributed by atoms with Crippen molar-refractivity contribution in [3.63, 3.8) is 0 Å². The minimum atomic E-state index is -1.01. The number of esters is 1. The smallest absolute Gasteiger partial charge is 0.375 e. The van der Waals surface area contributed by atoms with Crippen LogP contribution in [0, 0.1) is 0 Å². The lowest BCUT2D eigenvalue weighted by Gasteiger charge is -2.19. The monoisotopic (exact) mass is 224 g/mol. The lowest BCUT2D eigenvalue weighted by molar-refractivity contribution is -0.145. The second kappa shape index (κ2) is 5.39. The van der Waals surface area contributed by atoms with Crippen molar-refractivity contribution in [3.8, 4) is 0 Å². The minimum Gasteiger partial charge on any atom is -0.473 e. The van der Waals surface area contributed by atoms with Gasteiger partial charge in [0.15, 0.2) is 0 Å². The van der Waals surface area contributed by atoms with Crippen LogP contribution in [0.3, 0.4) is 0 Å². The largest absolute Gasteiger partial charge is 0.473 e. The van der Waals surface area contributed by atoms with Crippen LogP contribution in [0.4, 0.5) is 4.79 Å². The third-order valence-electron chi connectivity index (χ3n) is 1.09. The topological polar surface area (TPSA) is 63.6 Å². The zero-order chi connectivity index (χ0) is 10.5. The average Bonchev–Trinajstić information content (AvgIpc) is 2.01. The molecule has 1 N–H and O–H groups in total. The van der Waals surface area contributed by atoms with Gasteiger partial charge in [-0.05, 0) is 20.8 Å². The van der Waals surface area contributed by atoms with E-state index in [9.17, 15) is 9.59 Å². The molecule has 0 radical (unpaired) electrons. The molecule has 0 aromatic rings. The molecule has 0 spiro atoms. The summed E-state index contributed by atoms with van der Waals surface area (Å²) in [7, 11) is 1.60. The molecule has 0 heterocycles. The van der Waals surface area contributed by atoms with E-state index >= 15 is 0 Å². The predicted octanol–water partition coefficient (Wildman–Crippen LogP) is 2.39. The van der Waals surface area contributed by atoms with Crippen molar-refractivity contribution in [3.05, 3.63) is 0 Å². The van der Waals surface area contributed by atoms with Gasteiger partial charge in [0.05, 0.1) is 6.61 Å². The quantitative estimate of drug-likeness (QED) is 0.584. The van der Waals surface area contributed by atoms with E-state index in [1.54, 1.807) is 20.8 Å². The Hall–Kier alpha value is -0.360. The summed E-state index contributed by atoms with van der Waals surface area (Å²) in [5, 5.41) is 7.37. The minimum absolute atomic E-state index is 0.306. The molecule has 4 nitrogen and oxygen atoms in total. The molecule has 0 atom stereocenters. The fourth-order valence-electron chi connectivity index (χ4n) is 0.479. The average molecular weight is 224 g/mol. The second-order valence-electron chi connectivity index (χ2n) is 2.66. The molecule has 0 aliphatic rings. The molecular weight excluding hydrogens is 212 g/mol. The lowest BCUT2D eigenvalue weighted by atomic mass is 10.2. The molecule has 0 aliphatic carbocycles. The standard InChI is InChI=1S/C7H12O4S2/c1-4-11-5(8)7(2,3)13-12-6(9)10/h4H2,1-3H3,(H,9,10). The van der Waals surface area contributed by atoms with Crippen LogP contribution in [0.1, 0.15) is 20.8 Å². The van der Waals surface area contributed by atoms with Crippen LogP contribution in [0.15, 0.2) is 0 Å². The highest BCUT2D eigenvalue weighted by Gasteiger charge is 2.31. The zero-order valence-electron chi connectivity index (χ0n) is 7.70. The summed E-state index contributed by atoms with van der Waals surface area (Å²) >= 11 is 0. The van der Waals surface area contributed by atoms with E-state index in [1.165, 1.54) is 0 Å². The van der Waals surface area contributed by atoms with Gasteiger partial charge in [-0.1, -0.05) is 10.8 Å². The van der Waals surface area contributed by atoms with E-state index in [1.807, 2.05) is 0 Å². The van der Waals surface area contributed by atoms with E-state index in [4.69, 9.17) is 9.84 Å². The first-order valence-corrected chi connectivity index (χ1v) is 5.81. The summed E-state index contributed by atoms with van der Waals surface area (Å²) in [5.41, 5.74) is 0. The highest BCUT2D eigenvalue weighted by atomic mass is 33.1. The Kier molecular flexibility index (Phi) is 5.24. The van der Waals surface area contributed by atoms with Crippen molar-refractivity contribution in [1.29, 1.82) is 0 Å². The second-order valence-corrected chi connectivity index (χ2v) is 5.37. The van der Waals surface area contributed by atoms with E-state index in [2.05, 4.69) is 0 Å². The van der Waals surface area contributed by atoms with Crippen molar-refractivity contribution in [2.24, 2.45) is 0 Å². The van der Waals surface area contributed by atoms with E-state index in [0.29, 0.717) is 17.4 Å². The molecule has 76 valence electrons. The number of carbonyl (C=O) groups is 2. The number of rotatable bonds is 4. The van der Waals surface area contributed by atoms with Gasteiger partial charge in [-0.15, -0.1) is 0 Å². The van der Waals surface area contributed by atoms with Crippen molar-refractivity contribution in [1.82, 2.24) is 0 Å². The molecule has 13 heavy (non-hydrogen) atoms. The van der Waals surface area contributed by atoms with Crippen molar-refractivity contribution >= 4 is 32.9 Å². The number of carbonyl (C=O) groups excluding carboxylic acids is 1. The van der Waals surface area contributed by atoms with Crippen LogP contribution in [-0.4, -0.2) is 27.7 Å². The molecule has 0 bridgehead atoms. The lowest BCUT2D eigenvalue weighted by Crippen LogP contribution is -2.29. The Balaban J connectivity index is 4.05. The third-order valence-corrected chi connectivity index (χ3v) is 3.83. The fourth-order valence-corrected chi connectivity index (χ4v) is 1.93. The molecule has 0 unspecified atom stereocenters. The van der Waals surface area contributed by atoms with Crippen LogP contribution in [0.5, 0.6) is 0 Å². The SMILES string of the molecule is CCOC(=O)C(C)(C)SSC(=O)O. The summed E-state index contributed by atoms with van der Waals surface area (Å²) in [6.45, 7) is 5.28. The Morgan fingerprint density at radius 3 is 2.38 bits per heavy atom. The van der Waals surface area contributed by atoms with Gasteiger partial charge >= 0.3 is 11.3 Å². The number of hydrogen-bond acceptors (Lipinski definition) is 5. The normalized spacial score (nSPS) is 11.0. The first kappa shape index (κ1) is 12.6. The molecule has 0 saturated heterocycles. The fraction of sp³-hybridized carbons (Fsp3) is 0.714. The summed E-state index contributed by atoms with van der Waals surface area (Å²) < 4.78 is 3.95. The van der Waals surface area contributed by atoms with Gasteiger partial charge in [-0.25, -0.2) is 4.79 Å². The van der Waals surface area contributed by atoms with Crippen LogP contribution < -0.4 is 0 Å². The van der Waals surface area contributed by atoms with Gasteiger partial charge in [-0.3, -0.25) is 4.79 Å². The molecule has 0 fully saturated rings. The van der Waals surface area contributed by atoms with Gasteiger partial charge in [0.2, 0.25) is 0 Å². The Labute approximate surface area is 84.8 Å². The maximum absolute atomic E-state index is 11.2. The summed E-state index contributed by atoms with van der Waals surface area (Å²) in [4.78, 5) is 21.4. The molecule has 6 heteroatoms. The molecule has 0 saturated carbocycles. The van der Waals surface area contributed by atoms with Crippen LogP contribution in [-0.2, 0) is 9.53 Å². The Bertz CT molecular complexity index is 203. The van der Waals surface area contributed by atoms with Gasteiger partial charge in [0.1, 0.15) is 4.75 Å². The Morgan fingerprint density at radius 2 is 2.00 bits per heavy atom. The molecule has 0 aliphatic heterocycles. The molecule has 0 aromatic carbocycles. The van der Waals surface area contributed by atoms with Gasteiger partial charge < -0.3 is 9.84 Å². The van der Waals surface area contributed by atoms with Crippen LogP contribution >= 0.6 is 21.6 Å². The highest BCUT2D eigenvalue weighted by Crippen LogP contribution is 2.36. The molecule has 0 rings (SSSR count). The summed E-state index contributed by atoms with van der Waals surface area (Å²) in [5.74, 6) is -0.395. The summed E-state index contributed by atoms with van der Waals surface area (Å²) in [6, 6.07) is 0. The molecule has 0 amide bonds. The van der Waals surface area contributed by atoms with E-state index in [0.717, 1.165) is 10.8 Å². The zero-order valence-corrected chi connectivity index (χ0v) is 9.33. The number of ether oxygens (including phenoxy) is 1. The van der Waals surface area contributed by atoms with Gasteiger partial charge in [-0.2, -0.15) is 0 Å². The van der Waals surface area contributed by atoms with Crippen molar-refractivity contribution < 1.29 is 19.4 Å². The first-order valence-electron chi connectivity index (χ1n) is 3.66. The predicted molar refractivity (Wildman–Crippen MR) is 53.9 cm³/mol. The maximum Gasteiger partial charge on any atom is 0.375 e.